The van der Waals surface area contributed by atoms with Crippen molar-refractivity contribution in [3.8, 4) is 0 Å². The molecule has 2 aromatic heterocycles. The Morgan fingerprint density at radius 1 is 1.13 bits per heavy atom. The van der Waals surface area contributed by atoms with E-state index in [2.05, 4.69) is 20.6 Å². The predicted octanol–water partition coefficient (Wildman–Crippen LogP) is 3.27. The molecule has 2 heterocycles. The third-order valence-corrected chi connectivity index (χ3v) is 7.17. The second kappa shape index (κ2) is 6.51. The quantitative estimate of drug-likeness (QED) is 0.539. The fourth-order valence-electron chi connectivity index (χ4n) is 5.62. The zero-order chi connectivity index (χ0) is 21.2. The molecule has 4 aromatic rings. The molecule has 6 rings (SSSR count). The SMILES string of the molecule is Cn1ncc2cc(C(=O)N[C@H]3CC4(C3)C[C@H](c3n[nH]c(=O)c5ccccc53)C4)ccc21. The van der Waals surface area contributed by atoms with Gasteiger partial charge in [-0.15, -0.1) is 0 Å². The van der Waals surface area contributed by atoms with Crippen LogP contribution in [0.25, 0.3) is 21.7 Å². The molecule has 2 fully saturated rings. The highest BCUT2D eigenvalue weighted by Crippen LogP contribution is 2.62. The first-order valence-electron chi connectivity index (χ1n) is 10.7. The smallest absolute Gasteiger partial charge is 0.272 e. The first-order chi connectivity index (χ1) is 15.0. The Bertz CT molecular complexity index is 1390. The molecule has 0 aliphatic heterocycles. The minimum Gasteiger partial charge on any atom is -0.349 e. The summed E-state index contributed by atoms with van der Waals surface area (Å²) >= 11 is 0. The van der Waals surface area contributed by atoms with Crippen LogP contribution in [0, 0.1) is 5.41 Å². The van der Waals surface area contributed by atoms with E-state index < -0.39 is 0 Å². The number of aryl methyl sites for hydroxylation is 1. The molecule has 7 heteroatoms. The molecular weight excluding hydrogens is 390 g/mol. The summed E-state index contributed by atoms with van der Waals surface area (Å²) in [6.45, 7) is 0. The van der Waals surface area contributed by atoms with Crippen LogP contribution >= 0.6 is 0 Å². The molecule has 0 unspecified atom stereocenters. The number of carbonyl (C=O) groups is 1. The molecule has 0 bridgehead atoms. The first kappa shape index (κ1) is 18.3. The maximum atomic E-state index is 12.7. The average Bonchev–Trinajstić information content (AvgIpc) is 3.10. The van der Waals surface area contributed by atoms with E-state index in [-0.39, 0.29) is 17.5 Å². The van der Waals surface area contributed by atoms with Crippen molar-refractivity contribution in [1.29, 1.82) is 0 Å². The van der Waals surface area contributed by atoms with Crippen LogP contribution in [0.15, 0.2) is 53.5 Å². The molecule has 0 saturated heterocycles. The van der Waals surface area contributed by atoms with Crippen LogP contribution in [-0.2, 0) is 7.05 Å². The summed E-state index contributed by atoms with van der Waals surface area (Å²) in [6.07, 6.45) is 5.92. The summed E-state index contributed by atoms with van der Waals surface area (Å²) in [6, 6.07) is 13.6. The molecule has 0 atom stereocenters. The molecule has 31 heavy (non-hydrogen) atoms. The molecule has 1 amide bonds. The molecule has 2 aliphatic rings. The van der Waals surface area contributed by atoms with Crippen LogP contribution in [0.3, 0.4) is 0 Å². The van der Waals surface area contributed by atoms with Gasteiger partial charge in [-0.1, -0.05) is 18.2 Å². The Kier molecular flexibility index (Phi) is 3.84. The third-order valence-electron chi connectivity index (χ3n) is 7.17. The van der Waals surface area contributed by atoms with Gasteiger partial charge in [0.15, 0.2) is 0 Å². The molecule has 7 nitrogen and oxygen atoms in total. The molecule has 2 N–H and O–H groups in total. The summed E-state index contributed by atoms with van der Waals surface area (Å²) in [5, 5.41) is 17.1. The molecule has 2 saturated carbocycles. The van der Waals surface area contributed by atoms with Crippen LogP contribution < -0.4 is 10.9 Å². The Morgan fingerprint density at radius 3 is 2.71 bits per heavy atom. The number of aromatic nitrogens is 4. The number of nitrogens with one attached hydrogen (secondary N) is 2. The van der Waals surface area contributed by atoms with Crippen molar-refractivity contribution >= 4 is 27.6 Å². The minimum atomic E-state index is -0.135. The number of hydrogen-bond acceptors (Lipinski definition) is 4. The largest absolute Gasteiger partial charge is 0.349 e. The highest BCUT2D eigenvalue weighted by Gasteiger charge is 2.54. The maximum Gasteiger partial charge on any atom is 0.272 e. The second-order valence-electron chi connectivity index (χ2n) is 9.21. The number of amides is 1. The van der Waals surface area contributed by atoms with E-state index in [9.17, 15) is 9.59 Å². The number of fused-ring (bicyclic) bond motifs is 2. The van der Waals surface area contributed by atoms with Gasteiger partial charge < -0.3 is 5.32 Å². The molecular formula is C24H23N5O2. The summed E-state index contributed by atoms with van der Waals surface area (Å²) in [7, 11) is 1.90. The topological polar surface area (TPSA) is 92.7 Å². The van der Waals surface area contributed by atoms with Crippen LogP contribution in [0.5, 0.6) is 0 Å². The van der Waals surface area contributed by atoms with Gasteiger partial charge in [-0.25, -0.2) is 5.10 Å². The van der Waals surface area contributed by atoms with Gasteiger partial charge in [-0.2, -0.15) is 10.2 Å². The molecule has 1 spiro atoms. The van der Waals surface area contributed by atoms with Crippen LogP contribution in [0.2, 0.25) is 0 Å². The Balaban J connectivity index is 1.10. The summed E-state index contributed by atoms with van der Waals surface area (Å²) in [5.41, 5.74) is 2.86. The predicted molar refractivity (Wildman–Crippen MR) is 118 cm³/mol. The normalized spacial score (nSPS) is 24.8. The van der Waals surface area contributed by atoms with E-state index in [1.807, 2.05) is 49.5 Å². The number of benzene rings is 2. The lowest BCUT2D eigenvalue weighted by atomic mass is 9.49. The Morgan fingerprint density at radius 2 is 1.90 bits per heavy atom. The number of carbonyl (C=O) groups excluding carboxylic acids is 1. The average molecular weight is 413 g/mol. The highest BCUT2D eigenvalue weighted by molar-refractivity contribution is 5.98. The Hall–Kier alpha value is -3.48. The summed E-state index contributed by atoms with van der Waals surface area (Å²) in [4.78, 5) is 24.7. The fraction of sp³-hybridized carbons (Fsp3) is 0.333. The van der Waals surface area contributed by atoms with E-state index >= 15 is 0 Å². The number of rotatable bonds is 3. The van der Waals surface area contributed by atoms with Crippen molar-refractivity contribution in [1.82, 2.24) is 25.3 Å². The minimum absolute atomic E-state index is 0.0187. The van der Waals surface area contributed by atoms with Gasteiger partial charge in [0.2, 0.25) is 0 Å². The Labute approximate surface area is 178 Å². The summed E-state index contributed by atoms with van der Waals surface area (Å²) < 4.78 is 1.81. The lowest BCUT2D eigenvalue weighted by Crippen LogP contribution is -2.55. The number of hydrogen-bond donors (Lipinski definition) is 2. The van der Waals surface area contributed by atoms with Crippen molar-refractivity contribution in [3.05, 3.63) is 70.3 Å². The van der Waals surface area contributed by atoms with Gasteiger partial charge in [0, 0.05) is 35.3 Å². The molecule has 2 aliphatic carbocycles. The van der Waals surface area contributed by atoms with Crippen molar-refractivity contribution < 1.29 is 4.79 Å². The van der Waals surface area contributed by atoms with Crippen molar-refractivity contribution in [2.45, 2.75) is 37.6 Å². The van der Waals surface area contributed by atoms with Gasteiger partial charge in [0.25, 0.3) is 11.5 Å². The van der Waals surface area contributed by atoms with E-state index in [1.54, 1.807) is 10.9 Å². The van der Waals surface area contributed by atoms with Gasteiger partial charge in [0.1, 0.15) is 0 Å². The van der Waals surface area contributed by atoms with Gasteiger partial charge >= 0.3 is 0 Å². The van der Waals surface area contributed by atoms with Gasteiger partial charge in [-0.3, -0.25) is 14.3 Å². The van der Waals surface area contributed by atoms with Crippen LogP contribution in [-0.4, -0.2) is 31.9 Å². The number of aromatic amines is 1. The van der Waals surface area contributed by atoms with Crippen molar-refractivity contribution in [3.63, 3.8) is 0 Å². The van der Waals surface area contributed by atoms with Gasteiger partial charge in [0.05, 0.1) is 22.8 Å². The molecule has 0 radical (unpaired) electrons. The summed E-state index contributed by atoms with van der Waals surface area (Å²) in [5.74, 6) is 0.348. The van der Waals surface area contributed by atoms with Crippen LogP contribution in [0.4, 0.5) is 0 Å². The molecule has 156 valence electrons. The monoisotopic (exact) mass is 413 g/mol. The fourth-order valence-corrected chi connectivity index (χ4v) is 5.62. The zero-order valence-corrected chi connectivity index (χ0v) is 17.3. The van der Waals surface area contributed by atoms with Crippen molar-refractivity contribution in [2.24, 2.45) is 12.5 Å². The standard InChI is InChI=1S/C24H23N5O2/c1-29-20-7-6-14(8-15(20)13-25-29)22(30)26-17-11-24(12-17)9-16(10-24)21-18-4-2-3-5-19(18)23(31)28-27-21/h2-8,13,16-17H,9-12H2,1H3,(H,26,30)(H,28,31)/t16-,17-,24?. The van der Waals surface area contributed by atoms with E-state index in [0.717, 1.165) is 47.7 Å². The van der Waals surface area contributed by atoms with E-state index in [1.165, 1.54) is 0 Å². The lowest BCUT2D eigenvalue weighted by molar-refractivity contribution is -0.0196. The van der Waals surface area contributed by atoms with E-state index in [0.29, 0.717) is 22.3 Å². The second-order valence-corrected chi connectivity index (χ2v) is 9.21. The van der Waals surface area contributed by atoms with E-state index in [4.69, 9.17) is 0 Å². The third kappa shape index (κ3) is 2.87. The number of nitrogens with zero attached hydrogens (tertiary/aromatic N) is 3. The zero-order valence-electron chi connectivity index (χ0n) is 17.3. The van der Waals surface area contributed by atoms with Crippen molar-refractivity contribution in [2.75, 3.05) is 0 Å². The lowest BCUT2D eigenvalue weighted by Gasteiger charge is -2.57. The maximum absolute atomic E-state index is 12.7. The highest BCUT2D eigenvalue weighted by atomic mass is 16.1. The van der Waals surface area contributed by atoms with Gasteiger partial charge in [-0.05, 0) is 55.4 Å². The first-order valence-corrected chi connectivity index (χ1v) is 10.7. The molecule has 2 aromatic carbocycles. The van der Waals surface area contributed by atoms with Crippen LogP contribution in [0.1, 0.15) is 47.7 Å². The number of H-pyrrole nitrogens is 1.